The second-order valence-corrected chi connectivity index (χ2v) is 11.3. The second kappa shape index (κ2) is 12.9. The van der Waals surface area contributed by atoms with Gasteiger partial charge in [0.1, 0.15) is 11.9 Å². The summed E-state index contributed by atoms with van der Waals surface area (Å²) in [5, 5.41) is 24.5. The molecule has 0 aliphatic carbocycles. The van der Waals surface area contributed by atoms with Crippen LogP contribution in [0.2, 0.25) is 0 Å². The molecule has 1 aromatic rings. The highest BCUT2D eigenvalue weighted by atomic mass is 32.1. The summed E-state index contributed by atoms with van der Waals surface area (Å²) in [4.78, 5) is 30.5. The predicted molar refractivity (Wildman–Crippen MR) is 138 cm³/mol. The maximum absolute atomic E-state index is 13.2. The number of Topliss-reactive ketones (excluding diaryl/α,β-unsaturated/α-hetero) is 1. The van der Waals surface area contributed by atoms with E-state index in [-0.39, 0.29) is 24.2 Å². The normalized spacial score (nSPS) is 33.1. The Bertz CT molecular complexity index is 921. The summed E-state index contributed by atoms with van der Waals surface area (Å²) in [6.45, 7) is 12.9. The van der Waals surface area contributed by atoms with Gasteiger partial charge in [0.25, 0.3) is 0 Å². The van der Waals surface area contributed by atoms with Gasteiger partial charge in [0.2, 0.25) is 0 Å². The maximum atomic E-state index is 13.2. The molecule has 2 heterocycles. The molecule has 2 N–H and O–H groups in total. The third-order valence-electron chi connectivity index (χ3n) is 6.78. The highest BCUT2D eigenvalue weighted by molar-refractivity contribution is 7.09. The molecule has 0 aromatic carbocycles. The number of aliphatic hydroxyl groups is 2. The van der Waals surface area contributed by atoms with E-state index in [2.05, 4.69) is 4.98 Å². The summed E-state index contributed by atoms with van der Waals surface area (Å²) < 4.78 is 11.7. The first kappa shape index (κ1) is 29.4. The van der Waals surface area contributed by atoms with Crippen LogP contribution in [0, 0.1) is 24.2 Å². The van der Waals surface area contributed by atoms with Crippen molar-refractivity contribution in [1.29, 1.82) is 0 Å². The van der Waals surface area contributed by atoms with Gasteiger partial charge in [0.15, 0.2) is 0 Å². The Morgan fingerprint density at radius 2 is 1.91 bits per heavy atom. The lowest BCUT2D eigenvalue weighted by molar-refractivity contribution is -0.154. The third-order valence-corrected chi connectivity index (χ3v) is 7.57. The van der Waals surface area contributed by atoms with E-state index in [0.717, 1.165) is 16.3 Å². The van der Waals surface area contributed by atoms with Gasteiger partial charge in [-0.2, -0.15) is 0 Å². The van der Waals surface area contributed by atoms with Crippen molar-refractivity contribution in [3.8, 4) is 0 Å². The zero-order valence-electron chi connectivity index (χ0n) is 22.0. The summed E-state index contributed by atoms with van der Waals surface area (Å²) in [5.41, 5.74) is 0.401. The summed E-state index contributed by atoms with van der Waals surface area (Å²) in [5.74, 6) is -1.84. The average Bonchev–Trinajstić information content (AvgIpc) is 3.20. The summed E-state index contributed by atoms with van der Waals surface area (Å²) >= 11 is 1.55. The molecule has 196 valence electrons. The zero-order valence-corrected chi connectivity index (χ0v) is 22.8. The molecule has 0 saturated heterocycles. The molecule has 2 rings (SSSR count). The lowest BCUT2D eigenvalue weighted by Crippen LogP contribution is -2.45. The largest absolute Gasteiger partial charge is 0.458 e. The van der Waals surface area contributed by atoms with Crippen molar-refractivity contribution in [2.24, 2.45) is 17.3 Å². The highest BCUT2D eigenvalue weighted by Crippen LogP contribution is 2.31. The molecule has 6 atom stereocenters. The van der Waals surface area contributed by atoms with Crippen LogP contribution in [0.4, 0.5) is 0 Å². The maximum Gasteiger partial charge on any atom is 0.309 e. The van der Waals surface area contributed by atoms with Crippen LogP contribution in [0.15, 0.2) is 23.1 Å². The summed E-state index contributed by atoms with van der Waals surface area (Å²) in [6.07, 6.45) is 3.77. The molecule has 0 amide bonds. The van der Waals surface area contributed by atoms with E-state index in [1.54, 1.807) is 32.1 Å². The van der Waals surface area contributed by atoms with Crippen LogP contribution < -0.4 is 0 Å². The Balaban J connectivity index is 2.29. The predicted octanol–water partition coefficient (Wildman–Crippen LogP) is 4.50. The number of thiazole rings is 1. The molecule has 7 nitrogen and oxygen atoms in total. The number of aromatic nitrogens is 1. The molecule has 8 heteroatoms. The lowest BCUT2D eigenvalue weighted by Gasteiger charge is -2.34. The number of aryl methyl sites for hydroxylation is 1. The minimum absolute atomic E-state index is 0.0621. The van der Waals surface area contributed by atoms with Crippen molar-refractivity contribution >= 4 is 29.2 Å². The molecule has 0 saturated carbocycles. The molecular formula is C27H41NO6S. The van der Waals surface area contributed by atoms with Crippen LogP contribution in [0.1, 0.15) is 71.5 Å². The van der Waals surface area contributed by atoms with Gasteiger partial charge in [0.05, 0.1) is 47.5 Å². The van der Waals surface area contributed by atoms with E-state index in [4.69, 9.17) is 9.47 Å². The Morgan fingerprint density at radius 1 is 1.23 bits per heavy atom. The number of rotatable bonds is 2. The van der Waals surface area contributed by atoms with Crippen LogP contribution in [-0.2, 0) is 19.1 Å². The lowest BCUT2D eigenvalue weighted by atomic mass is 9.73. The van der Waals surface area contributed by atoms with Gasteiger partial charge < -0.3 is 19.7 Å². The van der Waals surface area contributed by atoms with Gasteiger partial charge in [-0.25, -0.2) is 4.98 Å². The number of esters is 1. The van der Waals surface area contributed by atoms with Gasteiger partial charge in [-0.3, -0.25) is 9.59 Å². The Hall–Kier alpha value is -1.87. The number of ketones is 1. The topological polar surface area (TPSA) is 106 Å². The van der Waals surface area contributed by atoms with Crippen LogP contribution in [0.5, 0.6) is 0 Å². The molecule has 1 aliphatic rings. The Morgan fingerprint density at radius 3 is 2.54 bits per heavy atom. The van der Waals surface area contributed by atoms with Gasteiger partial charge in [-0.05, 0) is 38.8 Å². The molecule has 35 heavy (non-hydrogen) atoms. The van der Waals surface area contributed by atoms with E-state index in [1.165, 1.54) is 0 Å². The second-order valence-electron chi connectivity index (χ2n) is 10.2. The van der Waals surface area contributed by atoms with Crippen molar-refractivity contribution in [2.75, 3.05) is 6.61 Å². The van der Waals surface area contributed by atoms with Gasteiger partial charge in [-0.15, -0.1) is 11.3 Å². The first-order valence-electron chi connectivity index (χ1n) is 12.3. The molecule has 0 bridgehead atoms. The van der Waals surface area contributed by atoms with Crippen LogP contribution >= 0.6 is 11.3 Å². The molecule has 0 radical (unpaired) electrons. The monoisotopic (exact) mass is 507 g/mol. The van der Waals surface area contributed by atoms with E-state index < -0.39 is 35.6 Å². The number of cyclic esters (lactones) is 1. The molecule has 0 spiro atoms. The van der Waals surface area contributed by atoms with Crippen LogP contribution in [0.25, 0.3) is 6.08 Å². The number of carbonyl (C=O) groups is 2. The van der Waals surface area contributed by atoms with Crippen LogP contribution in [0.3, 0.4) is 0 Å². The fourth-order valence-corrected chi connectivity index (χ4v) is 4.75. The average molecular weight is 508 g/mol. The summed E-state index contributed by atoms with van der Waals surface area (Å²) in [7, 11) is 0. The fourth-order valence-electron chi connectivity index (χ4n) is 4.18. The van der Waals surface area contributed by atoms with Crippen LogP contribution in [-0.4, -0.2) is 58.0 Å². The van der Waals surface area contributed by atoms with E-state index in [9.17, 15) is 19.8 Å². The molecule has 0 fully saturated rings. The fraction of sp³-hybridized carbons (Fsp3) is 0.667. The van der Waals surface area contributed by atoms with Gasteiger partial charge in [0, 0.05) is 23.6 Å². The number of nitrogens with zero attached hydrogens (tertiary/aromatic N) is 1. The minimum Gasteiger partial charge on any atom is -0.458 e. The molecule has 4 unspecified atom stereocenters. The Labute approximate surface area is 213 Å². The number of hydrogen-bond donors (Lipinski definition) is 2. The van der Waals surface area contributed by atoms with Crippen molar-refractivity contribution in [3.05, 3.63) is 33.8 Å². The van der Waals surface area contributed by atoms with Crippen molar-refractivity contribution < 1.29 is 29.3 Å². The first-order valence-corrected chi connectivity index (χ1v) is 13.2. The number of hydrogen-bond acceptors (Lipinski definition) is 8. The van der Waals surface area contributed by atoms with Crippen molar-refractivity contribution in [3.63, 3.8) is 0 Å². The zero-order chi connectivity index (χ0) is 26.3. The number of aliphatic hydroxyl groups excluding tert-OH is 2. The third kappa shape index (κ3) is 8.34. The molecule has 1 aliphatic heterocycles. The van der Waals surface area contributed by atoms with E-state index in [1.807, 2.05) is 51.3 Å². The standard InChI is InChI=1S/C27H41NO6S/c1-16-9-8-10-18(3)33-12-11-22(17(2)13-21-15-35-20(5)28-21)34-24(30)14-23(29)27(6,7)26(32)19(4)25(16)31/h8-9,13,15-16,18-19,22-23,25,29,31H,10-12,14H2,1-7H3/b9-8+,17-13+/t16?,18-,19?,22?,23-,25?/m0/s1. The first-order chi connectivity index (χ1) is 16.3. The van der Waals surface area contributed by atoms with Crippen molar-refractivity contribution in [2.45, 2.75) is 92.1 Å². The molecule has 1 aromatic heterocycles. The quantitative estimate of drug-likeness (QED) is 0.448. The Kier molecular flexibility index (Phi) is 10.8. The number of ether oxygens (including phenoxy) is 2. The minimum atomic E-state index is -1.25. The van der Waals surface area contributed by atoms with E-state index in [0.29, 0.717) is 19.4 Å². The van der Waals surface area contributed by atoms with E-state index >= 15 is 0 Å². The smallest absolute Gasteiger partial charge is 0.309 e. The van der Waals surface area contributed by atoms with Gasteiger partial charge >= 0.3 is 5.97 Å². The highest BCUT2D eigenvalue weighted by Gasteiger charge is 2.42. The SMILES string of the molecule is C/C(=C\c1csc(C)n1)C1CCO[C@@H](C)C/C=C/C(C)C(O)C(C)C(=O)C(C)(C)[C@@H](O)CC(=O)O1. The van der Waals surface area contributed by atoms with Gasteiger partial charge in [-0.1, -0.05) is 39.8 Å². The molecular weight excluding hydrogens is 466 g/mol. The van der Waals surface area contributed by atoms with Crippen molar-refractivity contribution in [1.82, 2.24) is 4.98 Å². The summed E-state index contributed by atoms with van der Waals surface area (Å²) in [6, 6.07) is 0. The number of carbonyl (C=O) groups excluding carboxylic acids is 2.